The van der Waals surface area contributed by atoms with Crippen molar-refractivity contribution in [3.05, 3.63) is 65.9 Å². The summed E-state index contributed by atoms with van der Waals surface area (Å²) in [5.74, 6) is 0. The minimum absolute atomic E-state index is 0.353. The van der Waals surface area contributed by atoms with E-state index in [4.69, 9.17) is 0 Å². The molecule has 0 aliphatic rings. The van der Waals surface area contributed by atoms with E-state index in [1.165, 1.54) is 4.68 Å². The van der Waals surface area contributed by atoms with Crippen LogP contribution in [0.5, 0.6) is 0 Å². The average Bonchev–Trinajstić information content (AvgIpc) is 3.07. The Balaban J connectivity index is 2.11. The largest absolute Gasteiger partial charge is 0.435 e. The lowest BCUT2D eigenvalue weighted by atomic mass is 9.98. The Hall–Kier alpha value is -2.25. The summed E-state index contributed by atoms with van der Waals surface area (Å²) in [6, 6.07) is 15.0. The summed E-state index contributed by atoms with van der Waals surface area (Å²) in [4.78, 5) is 1.02. The highest BCUT2D eigenvalue weighted by atomic mass is 32.2. The van der Waals surface area contributed by atoms with Crippen LogP contribution >= 0.6 is 11.8 Å². The molecule has 27 heavy (non-hydrogen) atoms. The molecule has 0 fully saturated rings. The molecule has 1 heterocycles. The number of hydrogen-bond acceptors (Lipinski definition) is 3. The van der Waals surface area contributed by atoms with Crippen LogP contribution in [0.15, 0.2) is 59.5 Å². The van der Waals surface area contributed by atoms with Gasteiger partial charge in [-0.1, -0.05) is 24.3 Å². The second-order valence-electron chi connectivity index (χ2n) is 6.66. The molecule has 142 valence electrons. The van der Waals surface area contributed by atoms with Crippen molar-refractivity contribution in [3.8, 4) is 16.9 Å². The standard InChI is InChI=1S/C20H19F3N2OS/c1-19(2,26)14-6-8-15(9-7-14)25-17(12-18(24-25)20(21,22)23)13-4-10-16(27-3)11-5-13/h4-12,26H,1-3H3. The number of rotatable bonds is 4. The minimum Gasteiger partial charge on any atom is -0.386 e. The van der Waals surface area contributed by atoms with Gasteiger partial charge in [-0.3, -0.25) is 0 Å². The summed E-state index contributed by atoms with van der Waals surface area (Å²) in [7, 11) is 0. The molecule has 0 spiro atoms. The molecule has 0 amide bonds. The Kier molecular flexibility index (Phi) is 5.10. The molecule has 0 saturated carbocycles. The van der Waals surface area contributed by atoms with E-state index in [9.17, 15) is 18.3 Å². The number of benzene rings is 2. The summed E-state index contributed by atoms with van der Waals surface area (Å²) in [5.41, 5.74) is 0.171. The third kappa shape index (κ3) is 4.20. The Labute approximate surface area is 159 Å². The maximum Gasteiger partial charge on any atom is 0.435 e. The van der Waals surface area contributed by atoms with Crippen molar-refractivity contribution < 1.29 is 18.3 Å². The van der Waals surface area contributed by atoms with Crippen molar-refractivity contribution in [2.75, 3.05) is 6.26 Å². The number of hydrogen-bond donors (Lipinski definition) is 1. The summed E-state index contributed by atoms with van der Waals surface area (Å²) < 4.78 is 41.0. The van der Waals surface area contributed by atoms with Gasteiger partial charge in [0.1, 0.15) is 0 Å². The zero-order valence-electron chi connectivity index (χ0n) is 15.1. The van der Waals surface area contributed by atoms with Gasteiger partial charge in [-0.25, -0.2) is 4.68 Å². The number of nitrogens with zero attached hydrogens (tertiary/aromatic N) is 2. The molecule has 0 unspecified atom stereocenters. The number of alkyl halides is 3. The molecule has 3 aromatic rings. The van der Waals surface area contributed by atoms with E-state index in [0.29, 0.717) is 22.5 Å². The van der Waals surface area contributed by atoms with Gasteiger partial charge in [0.2, 0.25) is 0 Å². The van der Waals surface area contributed by atoms with Crippen molar-refractivity contribution >= 4 is 11.8 Å². The lowest BCUT2D eigenvalue weighted by molar-refractivity contribution is -0.141. The average molecular weight is 392 g/mol. The van der Waals surface area contributed by atoms with Crippen molar-refractivity contribution in [2.45, 2.75) is 30.5 Å². The Morgan fingerprint density at radius 3 is 2.04 bits per heavy atom. The van der Waals surface area contributed by atoms with Gasteiger partial charge in [0.25, 0.3) is 0 Å². The van der Waals surface area contributed by atoms with E-state index >= 15 is 0 Å². The normalized spacial score (nSPS) is 12.4. The van der Waals surface area contributed by atoms with Gasteiger partial charge in [-0.2, -0.15) is 18.3 Å². The first kappa shape index (κ1) is 19.5. The molecular formula is C20H19F3N2OS. The van der Waals surface area contributed by atoms with Crippen LogP contribution in [0.2, 0.25) is 0 Å². The van der Waals surface area contributed by atoms with E-state index < -0.39 is 17.5 Å². The first-order valence-electron chi connectivity index (χ1n) is 8.24. The third-order valence-electron chi connectivity index (χ3n) is 4.20. The molecule has 0 saturated heterocycles. The van der Waals surface area contributed by atoms with Crippen molar-refractivity contribution in [1.82, 2.24) is 9.78 Å². The molecule has 3 rings (SSSR count). The van der Waals surface area contributed by atoms with Crippen LogP contribution in [-0.2, 0) is 11.8 Å². The Morgan fingerprint density at radius 1 is 0.963 bits per heavy atom. The van der Waals surface area contributed by atoms with E-state index in [1.54, 1.807) is 62.0 Å². The molecule has 0 radical (unpaired) electrons. The fourth-order valence-electron chi connectivity index (χ4n) is 2.69. The van der Waals surface area contributed by atoms with Crippen LogP contribution in [0.4, 0.5) is 13.2 Å². The number of halogens is 3. The van der Waals surface area contributed by atoms with Gasteiger partial charge in [0.15, 0.2) is 5.69 Å². The summed E-state index contributed by atoms with van der Waals surface area (Å²) >= 11 is 1.56. The van der Waals surface area contributed by atoms with Crippen molar-refractivity contribution in [3.63, 3.8) is 0 Å². The predicted octanol–water partition coefficient (Wildman–Crippen LogP) is 5.51. The fourth-order valence-corrected chi connectivity index (χ4v) is 3.10. The highest BCUT2D eigenvalue weighted by Gasteiger charge is 2.35. The predicted molar refractivity (Wildman–Crippen MR) is 101 cm³/mol. The maximum atomic E-state index is 13.2. The Bertz CT molecular complexity index is 924. The topological polar surface area (TPSA) is 38.0 Å². The van der Waals surface area contributed by atoms with Gasteiger partial charge < -0.3 is 5.11 Å². The first-order chi connectivity index (χ1) is 12.6. The van der Waals surface area contributed by atoms with Crippen LogP contribution < -0.4 is 0 Å². The van der Waals surface area contributed by atoms with Crippen LogP contribution in [0, 0.1) is 0 Å². The summed E-state index contributed by atoms with van der Waals surface area (Å²) in [5, 5.41) is 13.9. The molecule has 0 bridgehead atoms. The molecule has 1 N–H and O–H groups in total. The lowest BCUT2D eigenvalue weighted by Crippen LogP contribution is -2.15. The van der Waals surface area contributed by atoms with E-state index in [0.717, 1.165) is 11.0 Å². The SMILES string of the molecule is CSc1ccc(-c2cc(C(F)(F)F)nn2-c2ccc(C(C)(C)O)cc2)cc1. The van der Waals surface area contributed by atoms with Gasteiger partial charge in [0, 0.05) is 10.5 Å². The van der Waals surface area contributed by atoms with Crippen molar-refractivity contribution in [2.24, 2.45) is 0 Å². The second-order valence-corrected chi connectivity index (χ2v) is 7.54. The summed E-state index contributed by atoms with van der Waals surface area (Å²) in [6.45, 7) is 3.30. The number of aliphatic hydroxyl groups is 1. The van der Waals surface area contributed by atoms with Crippen LogP contribution in [0.3, 0.4) is 0 Å². The maximum absolute atomic E-state index is 13.2. The molecule has 0 aliphatic heterocycles. The van der Waals surface area contributed by atoms with Crippen LogP contribution in [0.25, 0.3) is 16.9 Å². The van der Waals surface area contributed by atoms with E-state index in [2.05, 4.69) is 5.10 Å². The minimum atomic E-state index is -4.54. The molecular weight excluding hydrogens is 373 g/mol. The quantitative estimate of drug-likeness (QED) is 0.595. The summed E-state index contributed by atoms with van der Waals surface area (Å²) in [6.07, 6.45) is -2.60. The molecule has 2 aromatic carbocycles. The van der Waals surface area contributed by atoms with Crippen molar-refractivity contribution in [1.29, 1.82) is 0 Å². The Morgan fingerprint density at radius 2 is 1.56 bits per heavy atom. The molecule has 7 heteroatoms. The van der Waals surface area contributed by atoms with Gasteiger partial charge in [-0.05, 0) is 56.0 Å². The monoisotopic (exact) mass is 392 g/mol. The van der Waals surface area contributed by atoms with Crippen LogP contribution in [0.1, 0.15) is 25.1 Å². The molecule has 0 aliphatic carbocycles. The van der Waals surface area contributed by atoms with E-state index in [1.807, 2.05) is 18.4 Å². The van der Waals surface area contributed by atoms with E-state index in [-0.39, 0.29) is 0 Å². The molecule has 3 nitrogen and oxygen atoms in total. The first-order valence-corrected chi connectivity index (χ1v) is 9.47. The number of thioether (sulfide) groups is 1. The van der Waals surface area contributed by atoms with Gasteiger partial charge in [0.05, 0.1) is 17.0 Å². The molecule has 0 atom stereocenters. The second kappa shape index (κ2) is 7.05. The zero-order chi connectivity index (χ0) is 19.8. The highest BCUT2D eigenvalue weighted by molar-refractivity contribution is 7.98. The van der Waals surface area contributed by atoms with Gasteiger partial charge >= 0.3 is 6.18 Å². The third-order valence-corrected chi connectivity index (χ3v) is 4.95. The highest BCUT2D eigenvalue weighted by Crippen LogP contribution is 2.34. The zero-order valence-corrected chi connectivity index (χ0v) is 15.9. The lowest BCUT2D eigenvalue weighted by Gasteiger charge is -2.18. The fraction of sp³-hybridized carbons (Fsp3) is 0.250. The van der Waals surface area contributed by atoms with Crippen LogP contribution in [-0.4, -0.2) is 21.1 Å². The molecule has 1 aromatic heterocycles. The van der Waals surface area contributed by atoms with Gasteiger partial charge in [-0.15, -0.1) is 11.8 Å². The smallest absolute Gasteiger partial charge is 0.386 e. The number of aromatic nitrogens is 2.